The van der Waals surface area contributed by atoms with Crippen LogP contribution in [0.5, 0.6) is 0 Å². The van der Waals surface area contributed by atoms with Crippen molar-refractivity contribution in [3.05, 3.63) is 29.8 Å². The molecule has 0 spiro atoms. The van der Waals surface area contributed by atoms with Gasteiger partial charge < -0.3 is 10.6 Å². The summed E-state index contributed by atoms with van der Waals surface area (Å²) in [5.74, 6) is 0.487. The SMILES string of the molecule is NCCc1ccc(S(=O)(=O)NC2CN3CCC2CC3)cc1. The van der Waals surface area contributed by atoms with Crippen molar-refractivity contribution in [2.75, 3.05) is 26.2 Å². The molecule has 5 nitrogen and oxygen atoms in total. The normalized spacial score (nSPS) is 28.7. The molecule has 2 bridgehead atoms. The minimum Gasteiger partial charge on any atom is -0.330 e. The van der Waals surface area contributed by atoms with Crippen LogP contribution in [0.3, 0.4) is 0 Å². The number of fused-ring (bicyclic) bond motifs is 3. The molecule has 0 aliphatic carbocycles. The molecule has 0 saturated carbocycles. The Morgan fingerprint density at radius 2 is 1.86 bits per heavy atom. The number of sulfonamides is 1. The van der Waals surface area contributed by atoms with E-state index in [9.17, 15) is 8.42 Å². The number of nitrogens with one attached hydrogen (secondary N) is 1. The van der Waals surface area contributed by atoms with E-state index in [0.717, 1.165) is 44.5 Å². The molecular weight excluding hydrogens is 286 g/mol. The highest BCUT2D eigenvalue weighted by Crippen LogP contribution is 2.28. The Bertz CT molecular complexity index is 577. The first-order valence-corrected chi connectivity index (χ1v) is 9.10. The third-order valence-electron chi connectivity index (χ3n) is 4.63. The highest BCUT2D eigenvalue weighted by Gasteiger charge is 2.36. The maximum atomic E-state index is 12.5. The summed E-state index contributed by atoms with van der Waals surface area (Å²) in [4.78, 5) is 2.69. The molecule has 116 valence electrons. The lowest BCUT2D eigenvalue weighted by molar-refractivity contribution is 0.0827. The van der Waals surface area contributed by atoms with E-state index in [2.05, 4.69) is 9.62 Å². The topological polar surface area (TPSA) is 75.4 Å². The van der Waals surface area contributed by atoms with Crippen molar-refractivity contribution in [2.45, 2.75) is 30.2 Å². The van der Waals surface area contributed by atoms with E-state index in [1.807, 2.05) is 12.1 Å². The van der Waals surface area contributed by atoms with Crippen molar-refractivity contribution >= 4 is 10.0 Å². The van der Waals surface area contributed by atoms with Gasteiger partial charge in [0.25, 0.3) is 0 Å². The van der Waals surface area contributed by atoms with Gasteiger partial charge in [-0.3, -0.25) is 0 Å². The zero-order valence-corrected chi connectivity index (χ0v) is 13.0. The Labute approximate surface area is 126 Å². The average Bonchev–Trinajstić information content (AvgIpc) is 2.49. The quantitative estimate of drug-likeness (QED) is 0.833. The molecule has 21 heavy (non-hydrogen) atoms. The van der Waals surface area contributed by atoms with Crippen LogP contribution in [-0.2, 0) is 16.4 Å². The van der Waals surface area contributed by atoms with Crippen molar-refractivity contribution in [2.24, 2.45) is 11.7 Å². The molecular formula is C15H23N3O2S. The second kappa shape index (κ2) is 6.04. The van der Waals surface area contributed by atoms with Gasteiger partial charge in [0.15, 0.2) is 0 Å². The van der Waals surface area contributed by atoms with Crippen LogP contribution in [0.15, 0.2) is 29.2 Å². The van der Waals surface area contributed by atoms with Crippen molar-refractivity contribution < 1.29 is 8.42 Å². The summed E-state index contributed by atoms with van der Waals surface area (Å²) in [7, 11) is -3.42. The minimum atomic E-state index is -3.42. The first-order chi connectivity index (χ1) is 10.1. The lowest BCUT2D eigenvalue weighted by Gasteiger charge is -2.44. The summed E-state index contributed by atoms with van der Waals surface area (Å²) in [6.45, 7) is 3.63. The van der Waals surface area contributed by atoms with Gasteiger partial charge in [0.2, 0.25) is 10.0 Å². The zero-order chi connectivity index (χ0) is 14.9. The molecule has 3 aliphatic rings. The van der Waals surface area contributed by atoms with Gasteiger partial charge in [-0.2, -0.15) is 0 Å². The second-order valence-electron chi connectivity index (χ2n) is 6.05. The van der Waals surface area contributed by atoms with E-state index in [0.29, 0.717) is 17.4 Å². The van der Waals surface area contributed by atoms with Crippen molar-refractivity contribution in [3.63, 3.8) is 0 Å². The van der Waals surface area contributed by atoms with Gasteiger partial charge in [-0.15, -0.1) is 0 Å². The van der Waals surface area contributed by atoms with Crippen LogP contribution in [0.4, 0.5) is 0 Å². The Kier molecular flexibility index (Phi) is 4.31. The first kappa shape index (κ1) is 15.0. The van der Waals surface area contributed by atoms with E-state index in [4.69, 9.17) is 5.73 Å². The molecule has 3 saturated heterocycles. The summed E-state index contributed by atoms with van der Waals surface area (Å²) >= 11 is 0. The molecule has 3 fully saturated rings. The third kappa shape index (κ3) is 3.29. The predicted octanol–water partition coefficient (Wildman–Crippen LogP) is 0.560. The van der Waals surface area contributed by atoms with Gasteiger partial charge in [0, 0.05) is 12.6 Å². The standard InChI is InChI=1S/C15H23N3O2S/c16-8-5-12-1-3-14(4-2-12)21(19,20)17-15-11-18-9-6-13(15)7-10-18/h1-4,13,15,17H,5-11,16H2. The molecule has 1 atom stereocenters. The number of piperidine rings is 3. The van der Waals surface area contributed by atoms with E-state index in [1.165, 1.54) is 0 Å². The highest BCUT2D eigenvalue weighted by atomic mass is 32.2. The van der Waals surface area contributed by atoms with E-state index >= 15 is 0 Å². The molecule has 1 aromatic carbocycles. The van der Waals surface area contributed by atoms with Gasteiger partial charge >= 0.3 is 0 Å². The van der Waals surface area contributed by atoms with Crippen molar-refractivity contribution in [1.29, 1.82) is 0 Å². The van der Waals surface area contributed by atoms with Crippen molar-refractivity contribution in [1.82, 2.24) is 9.62 Å². The molecule has 0 radical (unpaired) electrons. The molecule has 4 rings (SSSR count). The van der Waals surface area contributed by atoms with Gasteiger partial charge in [-0.05, 0) is 62.5 Å². The molecule has 3 N–H and O–H groups in total. The lowest BCUT2D eigenvalue weighted by Crippen LogP contribution is -2.57. The first-order valence-electron chi connectivity index (χ1n) is 7.62. The number of nitrogens with zero attached hydrogens (tertiary/aromatic N) is 1. The summed E-state index contributed by atoms with van der Waals surface area (Å²) in [6, 6.07) is 7.10. The van der Waals surface area contributed by atoms with Gasteiger partial charge in [0.1, 0.15) is 0 Å². The number of benzene rings is 1. The maximum Gasteiger partial charge on any atom is 0.240 e. The van der Waals surface area contributed by atoms with E-state index in [1.54, 1.807) is 12.1 Å². The fourth-order valence-electron chi connectivity index (χ4n) is 3.37. The summed E-state index contributed by atoms with van der Waals surface area (Å²) in [5, 5.41) is 0. The minimum absolute atomic E-state index is 0.0567. The third-order valence-corrected chi connectivity index (χ3v) is 6.14. The van der Waals surface area contributed by atoms with Crippen LogP contribution in [0.25, 0.3) is 0 Å². The molecule has 3 aliphatic heterocycles. The van der Waals surface area contributed by atoms with Gasteiger partial charge in [-0.25, -0.2) is 13.1 Å². The summed E-state index contributed by atoms with van der Waals surface area (Å²) in [5.41, 5.74) is 6.58. The maximum absolute atomic E-state index is 12.5. The van der Waals surface area contributed by atoms with Crippen molar-refractivity contribution in [3.8, 4) is 0 Å². The van der Waals surface area contributed by atoms with E-state index < -0.39 is 10.0 Å². The average molecular weight is 309 g/mol. The Balaban J connectivity index is 1.71. The number of hydrogen-bond acceptors (Lipinski definition) is 4. The second-order valence-corrected chi connectivity index (χ2v) is 7.76. The number of hydrogen-bond donors (Lipinski definition) is 2. The molecule has 0 aromatic heterocycles. The predicted molar refractivity (Wildman–Crippen MR) is 82.5 cm³/mol. The monoisotopic (exact) mass is 309 g/mol. The molecule has 0 amide bonds. The van der Waals surface area contributed by atoms with Crippen LogP contribution in [0.2, 0.25) is 0 Å². The van der Waals surface area contributed by atoms with Gasteiger partial charge in [0.05, 0.1) is 4.90 Å². The molecule has 1 aromatic rings. The Morgan fingerprint density at radius 3 is 2.38 bits per heavy atom. The van der Waals surface area contributed by atoms with Crippen LogP contribution >= 0.6 is 0 Å². The molecule has 1 unspecified atom stereocenters. The van der Waals surface area contributed by atoms with Crippen LogP contribution in [-0.4, -0.2) is 45.5 Å². The summed E-state index contributed by atoms with van der Waals surface area (Å²) in [6.07, 6.45) is 2.97. The molecule has 6 heteroatoms. The number of nitrogens with two attached hydrogens (primary N) is 1. The smallest absolute Gasteiger partial charge is 0.240 e. The Morgan fingerprint density at radius 1 is 1.19 bits per heavy atom. The molecule has 3 heterocycles. The Hall–Kier alpha value is -0.950. The fourth-order valence-corrected chi connectivity index (χ4v) is 4.66. The lowest BCUT2D eigenvalue weighted by atomic mass is 9.85. The van der Waals surface area contributed by atoms with Crippen LogP contribution < -0.4 is 10.5 Å². The van der Waals surface area contributed by atoms with Gasteiger partial charge in [-0.1, -0.05) is 12.1 Å². The van der Waals surface area contributed by atoms with Crippen LogP contribution in [0.1, 0.15) is 18.4 Å². The zero-order valence-electron chi connectivity index (χ0n) is 12.2. The number of rotatable bonds is 5. The van der Waals surface area contributed by atoms with Crippen LogP contribution in [0, 0.1) is 5.92 Å². The highest BCUT2D eigenvalue weighted by molar-refractivity contribution is 7.89. The summed E-state index contributed by atoms with van der Waals surface area (Å²) < 4.78 is 27.9. The largest absolute Gasteiger partial charge is 0.330 e. The van der Waals surface area contributed by atoms with E-state index in [-0.39, 0.29) is 6.04 Å². The fraction of sp³-hybridized carbons (Fsp3) is 0.600.